The molecule has 3 N–H and O–H groups in total. The molecule has 0 heterocycles. The van der Waals surface area contributed by atoms with Crippen molar-refractivity contribution in [1.82, 2.24) is 5.32 Å². The van der Waals surface area contributed by atoms with Gasteiger partial charge in [-0.2, -0.15) is 0 Å². The van der Waals surface area contributed by atoms with Gasteiger partial charge in [0.25, 0.3) is 0 Å². The molecule has 4 nitrogen and oxygen atoms in total. The van der Waals surface area contributed by atoms with Crippen molar-refractivity contribution in [3.63, 3.8) is 0 Å². The summed E-state index contributed by atoms with van der Waals surface area (Å²) in [6, 6.07) is 5.37. The van der Waals surface area contributed by atoms with Crippen molar-refractivity contribution in [3.8, 4) is 5.75 Å². The predicted molar refractivity (Wildman–Crippen MR) is 70.0 cm³/mol. The Labute approximate surface area is 110 Å². The first-order chi connectivity index (χ1) is 8.24. The lowest BCUT2D eigenvalue weighted by Crippen LogP contribution is -2.16. The highest BCUT2D eigenvalue weighted by atomic mass is 79.9. The van der Waals surface area contributed by atoms with Crippen LogP contribution in [0.15, 0.2) is 22.7 Å². The van der Waals surface area contributed by atoms with Crippen LogP contribution in [0, 0.1) is 0 Å². The first-order valence-corrected chi connectivity index (χ1v) is 6.40. The fourth-order valence-electron chi connectivity index (χ4n) is 1.38. The van der Waals surface area contributed by atoms with E-state index in [-0.39, 0.29) is 6.61 Å². The second-order valence-electron chi connectivity index (χ2n) is 3.64. The summed E-state index contributed by atoms with van der Waals surface area (Å²) >= 11 is 3.36. The summed E-state index contributed by atoms with van der Waals surface area (Å²) in [5.74, 6) is 0.303. The molecule has 5 heteroatoms. The molecule has 0 aliphatic heterocycles. The Balaban J connectivity index is 2.15. The van der Waals surface area contributed by atoms with E-state index in [9.17, 15) is 5.11 Å². The number of ether oxygens (including phenoxy) is 1. The highest BCUT2D eigenvalue weighted by molar-refractivity contribution is 9.10. The number of hydrogen-bond acceptors (Lipinski definition) is 4. The molecule has 0 spiro atoms. The molecule has 0 unspecified atom stereocenters. The lowest BCUT2D eigenvalue weighted by atomic mass is 10.2. The van der Waals surface area contributed by atoms with Gasteiger partial charge in [0.1, 0.15) is 5.75 Å². The SMILES string of the molecule is OCCOCCCNCc1cc(Br)ccc1O. The third-order valence-corrected chi connectivity index (χ3v) is 2.73. The number of phenolic OH excluding ortho intramolecular Hbond substituents is 1. The first kappa shape index (κ1) is 14.4. The molecule has 1 aromatic rings. The lowest BCUT2D eigenvalue weighted by molar-refractivity contribution is 0.0907. The van der Waals surface area contributed by atoms with Crippen molar-refractivity contribution in [2.75, 3.05) is 26.4 Å². The summed E-state index contributed by atoms with van der Waals surface area (Å²) in [4.78, 5) is 0. The summed E-state index contributed by atoms with van der Waals surface area (Å²) < 4.78 is 6.09. The lowest BCUT2D eigenvalue weighted by Gasteiger charge is -2.07. The van der Waals surface area contributed by atoms with Crippen LogP contribution in [0.2, 0.25) is 0 Å². The molecule has 0 aromatic heterocycles. The second kappa shape index (κ2) is 8.47. The smallest absolute Gasteiger partial charge is 0.120 e. The molecule has 0 amide bonds. The van der Waals surface area contributed by atoms with Gasteiger partial charge >= 0.3 is 0 Å². The van der Waals surface area contributed by atoms with E-state index >= 15 is 0 Å². The fraction of sp³-hybridized carbons (Fsp3) is 0.500. The number of aliphatic hydroxyl groups excluding tert-OH is 1. The predicted octanol–water partition coefficient (Wildman–Crippen LogP) is 1.64. The molecule has 0 aliphatic rings. The van der Waals surface area contributed by atoms with Crippen molar-refractivity contribution >= 4 is 15.9 Å². The van der Waals surface area contributed by atoms with E-state index in [1.807, 2.05) is 12.1 Å². The monoisotopic (exact) mass is 303 g/mol. The molecule has 17 heavy (non-hydrogen) atoms. The standard InChI is InChI=1S/C12H18BrNO3/c13-11-2-3-12(16)10(8-11)9-14-4-1-6-17-7-5-15/h2-3,8,14-16H,1,4-7,9H2. The molecule has 1 rings (SSSR count). The van der Waals surface area contributed by atoms with E-state index in [0.29, 0.717) is 25.5 Å². The summed E-state index contributed by atoms with van der Waals surface area (Å²) in [7, 11) is 0. The number of nitrogens with one attached hydrogen (secondary N) is 1. The van der Waals surface area contributed by atoms with Gasteiger partial charge < -0.3 is 20.3 Å². The van der Waals surface area contributed by atoms with Crippen LogP contribution in [0.3, 0.4) is 0 Å². The Hall–Kier alpha value is -0.620. The maximum atomic E-state index is 9.59. The largest absolute Gasteiger partial charge is 0.508 e. The van der Waals surface area contributed by atoms with Gasteiger partial charge in [0.05, 0.1) is 13.2 Å². The summed E-state index contributed by atoms with van der Waals surface area (Å²) in [5, 5.41) is 21.3. The highest BCUT2D eigenvalue weighted by Gasteiger charge is 2.00. The van der Waals surface area contributed by atoms with Gasteiger partial charge in [-0.1, -0.05) is 15.9 Å². The minimum atomic E-state index is 0.0688. The van der Waals surface area contributed by atoms with Crippen molar-refractivity contribution < 1.29 is 14.9 Å². The zero-order valence-corrected chi connectivity index (χ0v) is 11.2. The molecule has 1 aromatic carbocycles. The van der Waals surface area contributed by atoms with Gasteiger partial charge in [-0.15, -0.1) is 0 Å². The van der Waals surface area contributed by atoms with Gasteiger partial charge in [-0.25, -0.2) is 0 Å². The van der Waals surface area contributed by atoms with Gasteiger partial charge in [0, 0.05) is 23.2 Å². The molecule has 0 aliphatic carbocycles. The number of benzene rings is 1. The number of phenols is 1. The molecular formula is C12H18BrNO3. The Kier molecular flexibility index (Phi) is 7.19. The van der Waals surface area contributed by atoms with Crippen LogP contribution in [0.1, 0.15) is 12.0 Å². The number of hydrogen-bond donors (Lipinski definition) is 3. The molecule has 96 valence electrons. The van der Waals surface area contributed by atoms with Gasteiger partial charge in [0.2, 0.25) is 0 Å². The van der Waals surface area contributed by atoms with Crippen LogP contribution in [-0.4, -0.2) is 36.6 Å². The van der Waals surface area contributed by atoms with Crippen LogP contribution in [0.25, 0.3) is 0 Å². The summed E-state index contributed by atoms with van der Waals surface area (Å²) in [5.41, 5.74) is 0.871. The molecule has 0 fully saturated rings. The summed E-state index contributed by atoms with van der Waals surface area (Å²) in [6.07, 6.45) is 0.884. The second-order valence-corrected chi connectivity index (χ2v) is 4.56. The van der Waals surface area contributed by atoms with Crippen molar-refractivity contribution in [1.29, 1.82) is 0 Å². The maximum Gasteiger partial charge on any atom is 0.120 e. The first-order valence-electron chi connectivity index (χ1n) is 5.60. The van der Waals surface area contributed by atoms with Crippen LogP contribution < -0.4 is 5.32 Å². The van der Waals surface area contributed by atoms with Crippen LogP contribution in [0.5, 0.6) is 5.75 Å². The average Bonchev–Trinajstić information content (AvgIpc) is 2.32. The Bertz CT molecular complexity index is 334. The maximum absolute atomic E-state index is 9.59. The van der Waals surface area contributed by atoms with E-state index in [0.717, 1.165) is 23.0 Å². The van der Waals surface area contributed by atoms with Crippen molar-refractivity contribution in [2.24, 2.45) is 0 Å². The number of aliphatic hydroxyl groups is 1. The Morgan fingerprint density at radius 3 is 2.88 bits per heavy atom. The average molecular weight is 304 g/mol. The van der Waals surface area contributed by atoms with E-state index in [1.165, 1.54) is 0 Å². The fourth-order valence-corrected chi connectivity index (χ4v) is 1.79. The third-order valence-electron chi connectivity index (χ3n) is 2.23. The van der Waals surface area contributed by atoms with E-state index < -0.39 is 0 Å². The van der Waals surface area contributed by atoms with Crippen molar-refractivity contribution in [2.45, 2.75) is 13.0 Å². The van der Waals surface area contributed by atoms with Gasteiger partial charge in [-0.3, -0.25) is 0 Å². The molecule has 0 atom stereocenters. The zero-order valence-electron chi connectivity index (χ0n) is 9.66. The minimum absolute atomic E-state index is 0.0688. The molecular weight excluding hydrogens is 286 g/mol. The quantitative estimate of drug-likeness (QED) is 0.639. The molecule has 0 saturated carbocycles. The van der Waals surface area contributed by atoms with E-state index in [4.69, 9.17) is 9.84 Å². The highest BCUT2D eigenvalue weighted by Crippen LogP contribution is 2.21. The van der Waals surface area contributed by atoms with E-state index in [2.05, 4.69) is 21.2 Å². The Morgan fingerprint density at radius 1 is 1.29 bits per heavy atom. The minimum Gasteiger partial charge on any atom is -0.508 e. The Morgan fingerprint density at radius 2 is 2.12 bits per heavy atom. The van der Waals surface area contributed by atoms with Crippen LogP contribution >= 0.6 is 15.9 Å². The zero-order chi connectivity index (χ0) is 12.5. The molecule has 0 radical (unpaired) electrons. The van der Waals surface area contributed by atoms with Crippen molar-refractivity contribution in [3.05, 3.63) is 28.2 Å². The van der Waals surface area contributed by atoms with Crippen LogP contribution in [0.4, 0.5) is 0 Å². The third kappa shape index (κ3) is 6.02. The van der Waals surface area contributed by atoms with Gasteiger partial charge in [0.15, 0.2) is 0 Å². The number of halogens is 1. The van der Waals surface area contributed by atoms with E-state index in [1.54, 1.807) is 6.07 Å². The number of aromatic hydroxyl groups is 1. The van der Waals surface area contributed by atoms with Crippen LogP contribution in [-0.2, 0) is 11.3 Å². The number of rotatable bonds is 8. The molecule has 0 bridgehead atoms. The summed E-state index contributed by atoms with van der Waals surface area (Å²) in [6.45, 7) is 2.55. The molecule has 0 saturated heterocycles. The topological polar surface area (TPSA) is 61.7 Å². The van der Waals surface area contributed by atoms with Gasteiger partial charge in [-0.05, 0) is 31.2 Å². The normalized spacial score (nSPS) is 10.7.